The summed E-state index contributed by atoms with van der Waals surface area (Å²) in [4.78, 5) is 15.0. The van der Waals surface area contributed by atoms with Crippen molar-refractivity contribution in [2.24, 2.45) is 0 Å². The molecule has 1 fully saturated rings. The lowest BCUT2D eigenvalue weighted by Gasteiger charge is -2.24. The molecule has 1 atom stereocenters. The fourth-order valence-electron chi connectivity index (χ4n) is 3.38. The van der Waals surface area contributed by atoms with Crippen LogP contribution in [-0.4, -0.2) is 29.9 Å². The van der Waals surface area contributed by atoms with Crippen LogP contribution >= 0.6 is 11.8 Å². The summed E-state index contributed by atoms with van der Waals surface area (Å²) in [6.45, 7) is 3.23. The van der Waals surface area contributed by atoms with Gasteiger partial charge in [0.2, 0.25) is 6.79 Å². The van der Waals surface area contributed by atoms with E-state index in [1.807, 2.05) is 35.2 Å². The van der Waals surface area contributed by atoms with E-state index in [0.29, 0.717) is 0 Å². The van der Waals surface area contributed by atoms with Gasteiger partial charge >= 0.3 is 0 Å². The summed E-state index contributed by atoms with van der Waals surface area (Å²) in [5.74, 6) is 2.58. The number of benzene rings is 2. The summed E-state index contributed by atoms with van der Waals surface area (Å²) < 4.78 is 10.9. The van der Waals surface area contributed by atoms with Gasteiger partial charge in [0.05, 0.1) is 0 Å². The van der Waals surface area contributed by atoms with Crippen LogP contribution in [0.2, 0.25) is 0 Å². The lowest BCUT2D eigenvalue weighted by atomic mass is 10.1. The molecule has 2 aromatic carbocycles. The highest BCUT2D eigenvalue weighted by molar-refractivity contribution is 7.99. The first kappa shape index (κ1) is 17.3. The molecule has 0 saturated carbocycles. The minimum Gasteiger partial charge on any atom is -0.454 e. The first-order valence-electron chi connectivity index (χ1n) is 9.17. The number of aryl methyl sites for hydroxylation is 1. The second kappa shape index (κ2) is 7.62. The summed E-state index contributed by atoms with van der Waals surface area (Å²) >= 11 is 1.79. The van der Waals surface area contributed by atoms with Gasteiger partial charge < -0.3 is 14.4 Å². The lowest BCUT2D eigenvalue weighted by Crippen LogP contribution is -2.30. The molecule has 1 amide bonds. The van der Waals surface area contributed by atoms with Crippen molar-refractivity contribution in [1.29, 1.82) is 0 Å². The van der Waals surface area contributed by atoms with E-state index in [0.717, 1.165) is 41.3 Å². The fraction of sp³-hybridized carbons (Fsp3) is 0.381. The normalized spacial score (nSPS) is 18.3. The van der Waals surface area contributed by atoms with E-state index < -0.39 is 0 Å². The number of carbonyl (C=O) groups excluding carboxylic acids is 1. The highest BCUT2D eigenvalue weighted by Crippen LogP contribution is 2.42. The molecule has 1 saturated heterocycles. The Kier molecular flexibility index (Phi) is 5.07. The van der Waals surface area contributed by atoms with Gasteiger partial charge in [0.25, 0.3) is 5.91 Å². The van der Waals surface area contributed by atoms with E-state index in [2.05, 4.69) is 19.1 Å². The van der Waals surface area contributed by atoms with Gasteiger partial charge in [-0.3, -0.25) is 4.79 Å². The number of hydrogen-bond donors (Lipinski definition) is 0. The Balaban J connectivity index is 1.51. The van der Waals surface area contributed by atoms with E-state index >= 15 is 0 Å². The van der Waals surface area contributed by atoms with Crippen LogP contribution in [-0.2, 0) is 6.42 Å². The monoisotopic (exact) mass is 369 g/mol. The van der Waals surface area contributed by atoms with Crippen LogP contribution < -0.4 is 9.47 Å². The Morgan fingerprint density at radius 1 is 1.15 bits per heavy atom. The standard InChI is InChI=1S/C21H23NO3S/c1-2-3-4-15-5-7-16(8-6-15)20(23)22-11-12-26-21(22)17-9-10-18-19(13-17)25-14-24-18/h5-10,13,21H,2-4,11-12,14H2,1H3/t21-/m0/s1. The Morgan fingerprint density at radius 2 is 1.96 bits per heavy atom. The second-order valence-corrected chi connectivity index (χ2v) is 7.82. The van der Waals surface area contributed by atoms with Crippen molar-refractivity contribution in [3.63, 3.8) is 0 Å². The molecular weight excluding hydrogens is 346 g/mol. The molecule has 0 radical (unpaired) electrons. The van der Waals surface area contributed by atoms with Crippen LogP contribution in [0.3, 0.4) is 0 Å². The number of unbranched alkanes of at least 4 members (excludes halogenated alkanes) is 1. The lowest BCUT2D eigenvalue weighted by molar-refractivity contribution is 0.0760. The molecule has 2 aliphatic heterocycles. The van der Waals surface area contributed by atoms with Crippen LogP contribution in [0.5, 0.6) is 11.5 Å². The van der Waals surface area contributed by atoms with Gasteiger partial charge in [-0.05, 0) is 48.2 Å². The zero-order chi connectivity index (χ0) is 17.9. The number of fused-ring (bicyclic) bond motifs is 1. The van der Waals surface area contributed by atoms with Crippen LogP contribution in [0.25, 0.3) is 0 Å². The maximum absolute atomic E-state index is 13.0. The molecule has 2 aromatic rings. The number of thioether (sulfide) groups is 1. The van der Waals surface area contributed by atoms with Gasteiger partial charge in [0, 0.05) is 17.9 Å². The summed E-state index contributed by atoms with van der Waals surface area (Å²) in [5, 5.41) is 0.0248. The van der Waals surface area contributed by atoms with Crippen molar-refractivity contribution in [3.05, 3.63) is 59.2 Å². The average molecular weight is 369 g/mol. The Labute approximate surface area is 158 Å². The van der Waals surface area contributed by atoms with E-state index in [-0.39, 0.29) is 18.1 Å². The van der Waals surface area contributed by atoms with Crippen LogP contribution in [0.4, 0.5) is 0 Å². The first-order chi connectivity index (χ1) is 12.8. The molecule has 4 rings (SSSR count). The molecule has 26 heavy (non-hydrogen) atoms. The van der Waals surface area contributed by atoms with E-state index in [1.165, 1.54) is 18.4 Å². The number of carbonyl (C=O) groups is 1. The quantitative estimate of drug-likeness (QED) is 0.769. The molecule has 0 aromatic heterocycles. The third-order valence-electron chi connectivity index (χ3n) is 4.85. The third-order valence-corrected chi connectivity index (χ3v) is 6.11. The highest BCUT2D eigenvalue weighted by atomic mass is 32.2. The van der Waals surface area contributed by atoms with E-state index in [1.54, 1.807) is 11.8 Å². The summed E-state index contributed by atoms with van der Waals surface area (Å²) in [6, 6.07) is 14.1. The topological polar surface area (TPSA) is 38.8 Å². The first-order valence-corrected chi connectivity index (χ1v) is 10.2. The van der Waals surface area contributed by atoms with Crippen molar-refractivity contribution in [1.82, 2.24) is 4.90 Å². The molecule has 4 nitrogen and oxygen atoms in total. The Hall–Kier alpha value is -2.14. The van der Waals surface area contributed by atoms with Crippen LogP contribution in [0, 0.1) is 0 Å². The number of hydrogen-bond acceptors (Lipinski definition) is 4. The molecule has 136 valence electrons. The van der Waals surface area contributed by atoms with Crippen molar-refractivity contribution in [2.45, 2.75) is 31.6 Å². The molecule has 5 heteroatoms. The molecular formula is C21H23NO3S. The summed E-state index contributed by atoms with van der Waals surface area (Å²) in [7, 11) is 0. The molecule has 0 unspecified atom stereocenters. The number of ether oxygens (including phenoxy) is 2. The van der Waals surface area contributed by atoms with Gasteiger partial charge in [0.15, 0.2) is 11.5 Å². The largest absolute Gasteiger partial charge is 0.454 e. The minimum atomic E-state index is 0.0248. The molecule has 0 N–H and O–H groups in total. The molecule has 2 aliphatic rings. The summed E-state index contributed by atoms with van der Waals surface area (Å²) in [6.07, 6.45) is 3.44. The van der Waals surface area contributed by atoms with Crippen LogP contribution in [0.15, 0.2) is 42.5 Å². The smallest absolute Gasteiger partial charge is 0.255 e. The predicted octanol–water partition coefficient (Wildman–Crippen LogP) is 4.65. The van der Waals surface area contributed by atoms with Crippen molar-refractivity contribution in [2.75, 3.05) is 19.1 Å². The van der Waals surface area contributed by atoms with Gasteiger partial charge in [-0.25, -0.2) is 0 Å². The zero-order valence-electron chi connectivity index (χ0n) is 14.9. The molecule has 0 bridgehead atoms. The van der Waals surface area contributed by atoms with Crippen molar-refractivity contribution >= 4 is 17.7 Å². The van der Waals surface area contributed by atoms with Crippen molar-refractivity contribution < 1.29 is 14.3 Å². The molecule has 0 aliphatic carbocycles. The van der Waals surface area contributed by atoms with Gasteiger partial charge in [-0.15, -0.1) is 11.8 Å². The maximum atomic E-state index is 13.0. The molecule has 0 spiro atoms. The SMILES string of the molecule is CCCCc1ccc(C(=O)N2CCS[C@H]2c2ccc3c(c2)OCO3)cc1. The summed E-state index contributed by atoms with van der Waals surface area (Å²) in [5.41, 5.74) is 3.15. The van der Waals surface area contributed by atoms with Gasteiger partial charge in [-0.2, -0.15) is 0 Å². The zero-order valence-corrected chi connectivity index (χ0v) is 15.8. The van der Waals surface area contributed by atoms with Crippen molar-refractivity contribution in [3.8, 4) is 11.5 Å². The van der Waals surface area contributed by atoms with Gasteiger partial charge in [0.1, 0.15) is 5.37 Å². The fourth-order valence-corrected chi connectivity index (χ4v) is 4.63. The highest BCUT2D eigenvalue weighted by Gasteiger charge is 2.32. The third kappa shape index (κ3) is 3.40. The Bertz CT molecular complexity index is 790. The predicted molar refractivity (Wildman–Crippen MR) is 104 cm³/mol. The average Bonchev–Trinajstić information content (AvgIpc) is 3.34. The number of amides is 1. The molecule has 2 heterocycles. The van der Waals surface area contributed by atoms with E-state index in [4.69, 9.17) is 9.47 Å². The van der Waals surface area contributed by atoms with E-state index in [9.17, 15) is 4.79 Å². The number of rotatable bonds is 5. The minimum absolute atomic E-state index is 0.0248. The second-order valence-electron chi connectivity index (χ2n) is 6.63. The van der Waals surface area contributed by atoms with Crippen LogP contribution in [0.1, 0.15) is 46.6 Å². The number of nitrogens with zero attached hydrogens (tertiary/aromatic N) is 1. The maximum Gasteiger partial charge on any atom is 0.255 e. The Morgan fingerprint density at radius 3 is 2.77 bits per heavy atom. The van der Waals surface area contributed by atoms with Gasteiger partial charge in [-0.1, -0.05) is 31.5 Å².